The van der Waals surface area contributed by atoms with Gasteiger partial charge in [0.1, 0.15) is 5.01 Å². The van der Waals surface area contributed by atoms with E-state index in [0.717, 1.165) is 22.8 Å². The molecule has 1 heterocycles. The number of hydrogen-bond acceptors (Lipinski definition) is 4. The van der Waals surface area contributed by atoms with E-state index < -0.39 is 0 Å². The van der Waals surface area contributed by atoms with Crippen molar-refractivity contribution in [3.8, 4) is 0 Å². The number of benzene rings is 1. The van der Waals surface area contributed by atoms with Gasteiger partial charge in [0.15, 0.2) is 0 Å². The average Bonchev–Trinajstić information content (AvgIpc) is 2.95. The summed E-state index contributed by atoms with van der Waals surface area (Å²) in [7, 11) is 0. The first-order valence-electron chi connectivity index (χ1n) is 7.58. The zero-order chi connectivity index (χ0) is 16.1. The minimum Gasteiger partial charge on any atom is -0.326 e. The number of nitrogens with one attached hydrogen (secondary N) is 1. The minimum absolute atomic E-state index is 0.0563. The van der Waals surface area contributed by atoms with Crippen molar-refractivity contribution in [3.05, 3.63) is 45.9 Å². The third-order valence-electron chi connectivity index (χ3n) is 3.56. The average molecular weight is 317 g/mol. The quantitative estimate of drug-likeness (QED) is 0.856. The molecule has 0 aliphatic rings. The third-order valence-corrected chi connectivity index (χ3v) is 4.56. The predicted octanol–water partition coefficient (Wildman–Crippen LogP) is 3.54. The molecule has 0 bridgehead atoms. The van der Waals surface area contributed by atoms with Crippen LogP contribution in [0.3, 0.4) is 0 Å². The smallest absolute Gasteiger partial charge is 0.230 e. The first-order valence-corrected chi connectivity index (χ1v) is 8.46. The largest absolute Gasteiger partial charge is 0.326 e. The van der Waals surface area contributed by atoms with Gasteiger partial charge in [-0.2, -0.15) is 0 Å². The Balaban J connectivity index is 1.94. The van der Waals surface area contributed by atoms with Crippen LogP contribution in [0.2, 0.25) is 0 Å². The number of nitrogens with two attached hydrogens (primary N) is 1. The second kappa shape index (κ2) is 7.51. The van der Waals surface area contributed by atoms with Crippen LogP contribution in [0.5, 0.6) is 0 Å². The first-order chi connectivity index (χ1) is 10.5. The Morgan fingerprint density at radius 1 is 1.32 bits per heavy atom. The SMILES string of the molecule is CCc1ccc(NC(=O)Cc2csc(C(N)C(C)C)n2)cc1. The van der Waals surface area contributed by atoms with E-state index in [1.165, 1.54) is 16.9 Å². The molecule has 22 heavy (non-hydrogen) atoms. The van der Waals surface area contributed by atoms with Crippen LogP contribution in [0.1, 0.15) is 43.1 Å². The van der Waals surface area contributed by atoms with Gasteiger partial charge in [-0.05, 0) is 30.0 Å². The molecule has 0 spiro atoms. The highest BCUT2D eigenvalue weighted by Crippen LogP contribution is 2.22. The zero-order valence-corrected chi connectivity index (χ0v) is 14.1. The van der Waals surface area contributed by atoms with Crippen LogP contribution >= 0.6 is 11.3 Å². The number of rotatable bonds is 6. The Hall–Kier alpha value is -1.72. The highest BCUT2D eigenvalue weighted by atomic mass is 32.1. The summed E-state index contributed by atoms with van der Waals surface area (Å²) in [5, 5.41) is 5.71. The number of nitrogens with zero attached hydrogens (tertiary/aromatic N) is 1. The molecule has 0 saturated heterocycles. The molecule has 1 aromatic carbocycles. The van der Waals surface area contributed by atoms with Crippen molar-refractivity contribution >= 4 is 22.9 Å². The highest BCUT2D eigenvalue weighted by molar-refractivity contribution is 7.09. The third kappa shape index (κ3) is 4.39. The standard InChI is InChI=1S/C17H23N3OS/c1-4-12-5-7-13(8-6-12)19-15(21)9-14-10-22-17(20-14)16(18)11(2)3/h5-8,10-11,16H,4,9,18H2,1-3H3,(H,19,21). The molecule has 4 nitrogen and oxygen atoms in total. The van der Waals surface area contributed by atoms with Gasteiger partial charge >= 0.3 is 0 Å². The minimum atomic E-state index is -0.0663. The molecule has 118 valence electrons. The van der Waals surface area contributed by atoms with Crippen molar-refractivity contribution < 1.29 is 4.79 Å². The fourth-order valence-electron chi connectivity index (χ4n) is 2.04. The molecule has 5 heteroatoms. The number of anilines is 1. The highest BCUT2D eigenvalue weighted by Gasteiger charge is 2.15. The van der Waals surface area contributed by atoms with E-state index in [2.05, 4.69) is 31.1 Å². The molecule has 1 aromatic heterocycles. The van der Waals surface area contributed by atoms with Crippen LogP contribution in [-0.4, -0.2) is 10.9 Å². The fourth-order valence-corrected chi connectivity index (χ4v) is 3.03. The fraction of sp³-hybridized carbons (Fsp3) is 0.412. The summed E-state index contributed by atoms with van der Waals surface area (Å²) in [5.41, 5.74) is 8.93. The number of hydrogen-bond donors (Lipinski definition) is 2. The molecule has 0 aliphatic carbocycles. The van der Waals surface area contributed by atoms with Crippen molar-refractivity contribution in [2.24, 2.45) is 11.7 Å². The maximum atomic E-state index is 12.1. The zero-order valence-electron chi connectivity index (χ0n) is 13.3. The molecule has 1 atom stereocenters. The summed E-state index contributed by atoms with van der Waals surface area (Å²) in [6.07, 6.45) is 1.27. The van der Waals surface area contributed by atoms with E-state index in [1.54, 1.807) is 0 Å². The van der Waals surface area contributed by atoms with Crippen molar-refractivity contribution in [2.45, 2.75) is 39.7 Å². The Kier molecular flexibility index (Phi) is 5.69. The second-order valence-corrected chi connectivity index (χ2v) is 6.61. The number of thiazole rings is 1. The van der Waals surface area contributed by atoms with Crippen molar-refractivity contribution in [3.63, 3.8) is 0 Å². The molecule has 1 unspecified atom stereocenters. The number of carbonyl (C=O) groups excluding carboxylic acids is 1. The lowest BCUT2D eigenvalue weighted by atomic mass is 10.1. The Bertz CT molecular complexity index is 619. The second-order valence-electron chi connectivity index (χ2n) is 5.72. The van der Waals surface area contributed by atoms with Crippen LogP contribution in [0.15, 0.2) is 29.6 Å². The molecule has 2 rings (SSSR count). The number of carbonyl (C=O) groups is 1. The maximum Gasteiger partial charge on any atom is 0.230 e. The maximum absolute atomic E-state index is 12.1. The Morgan fingerprint density at radius 3 is 2.59 bits per heavy atom. The molecule has 2 aromatic rings. The summed E-state index contributed by atoms with van der Waals surface area (Å²) < 4.78 is 0. The van der Waals surface area contributed by atoms with Gasteiger partial charge < -0.3 is 11.1 Å². The van der Waals surface area contributed by atoms with Crippen LogP contribution < -0.4 is 11.1 Å². The molecular weight excluding hydrogens is 294 g/mol. The van der Waals surface area contributed by atoms with Gasteiger partial charge in [-0.25, -0.2) is 4.98 Å². The summed E-state index contributed by atoms with van der Waals surface area (Å²) in [5.74, 6) is 0.282. The molecule has 0 saturated carbocycles. The lowest BCUT2D eigenvalue weighted by molar-refractivity contribution is -0.115. The summed E-state index contributed by atoms with van der Waals surface area (Å²) in [6.45, 7) is 6.24. The first kappa shape index (κ1) is 16.6. The van der Waals surface area contributed by atoms with Crippen LogP contribution in [-0.2, 0) is 17.6 Å². The van der Waals surface area contributed by atoms with Crippen molar-refractivity contribution in [1.82, 2.24) is 4.98 Å². The number of aryl methyl sites for hydroxylation is 1. The summed E-state index contributed by atoms with van der Waals surface area (Å²) >= 11 is 1.52. The van der Waals surface area contributed by atoms with Gasteiger partial charge in [0, 0.05) is 11.1 Å². The van der Waals surface area contributed by atoms with Gasteiger partial charge in [0.05, 0.1) is 18.2 Å². The molecule has 0 aliphatic heterocycles. The van der Waals surface area contributed by atoms with Gasteiger partial charge in [-0.3, -0.25) is 4.79 Å². The number of amides is 1. The topological polar surface area (TPSA) is 68.0 Å². The molecular formula is C17H23N3OS. The Morgan fingerprint density at radius 2 is 2.00 bits per heavy atom. The predicted molar refractivity (Wildman–Crippen MR) is 92.0 cm³/mol. The Labute approximate surface area is 135 Å². The van der Waals surface area contributed by atoms with E-state index in [0.29, 0.717) is 5.92 Å². The lowest BCUT2D eigenvalue weighted by Crippen LogP contribution is -2.17. The van der Waals surface area contributed by atoms with E-state index in [9.17, 15) is 4.79 Å². The van der Waals surface area contributed by atoms with Crippen LogP contribution in [0, 0.1) is 5.92 Å². The number of aromatic nitrogens is 1. The molecule has 0 radical (unpaired) electrons. The normalized spacial score (nSPS) is 12.4. The van der Waals surface area contributed by atoms with Gasteiger partial charge in [-0.15, -0.1) is 11.3 Å². The van der Waals surface area contributed by atoms with Gasteiger partial charge in [0.25, 0.3) is 0 Å². The van der Waals surface area contributed by atoms with E-state index >= 15 is 0 Å². The lowest BCUT2D eigenvalue weighted by Gasteiger charge is -2.11. The van der Waals surface area contributed by atoms with Crippen LogP contribution in [0.4, 0.5) is 5.69 Å². The van der Waals surface area contributed by atoms with Crippen molar-refractivity contribution in [1.29, 1.82) is 0 Å². The summed E-state index contributed by atoms with van der Waals surface area (Å²) in [6, 6.07) is 7.84. The van der Waals surface area contributed by atoms with E-state index in [-0.39, 0.29) is 18.4 Å². The molecule has 3 N–H and O–H groups in total. The molecule has 1 amide bonds. The van der Waals surface area contributed by atoms with Gasteiger partial charge in [0.2, 0.25) is 5.91 Å². The summed E-state index contributed by atoms with van der Waals surface area (Å²) in [4.78, 5) is 16.5. The monoisotopic (exact) mass is 317 g/mol. The van der Waals surface area contributed by atoms with Crippen LogP contribution in [0.25, 0.3) is 0 Å². The van der Waals surface area contributed by atoms with E-state index in [1.807, 2.05) is 29.6 Å². The van der Waals surface area contributed by atoms with Crippen molar-refractivity contribution in [2.75, 3.05) is 5.32 Å². The van der Waals surface area contributed by atoms with E-state index in [4.69, 9.17) is 5.73 Å². The van der Waals surface area contributed by atoms with Gasteiger partial charge in [-0.1, -0.05) is 32.9 Å². The molecule has 0 fully saturated rings.